The zero-order valence-corrected chi connectivity index (χ0v) is 18.8. The highest BCUT2D eigenvalue weighted by Gasteiger charge is 2.27. The number of thiophene rings is 1. The van der Waals surface area contributed by atoms with Gasteiger partial charge in [0.25, 0.3) is 5.56 Å². The molecule has 0 aliphatic carbocycles. The Bertz CT molecular complexity index is 1410. The van der Waals surface area contributed by atoms with Gasteiger partial charge >= 0.3 is 5.69 Å². The number of rotatable bonds is 4. The zero-order chi connectivity index (χ0) is 21.0. The molecule has 0 N–H and O–H groups in total. The van der Waals surface area contributed by atoms with Crippen molar-refractivity contribution in [3.8, 4) is 0 Å². The van der Waals surface area contributed by atoms with Gasteiger partial charge in [-0.3, -0.25) is 18.7 Å². The number of benzene rings is 1. The topological polar surface area (TPSA) is 78.9 Å². The summed E-state index contributed by atoms with van der Waals surface area (Å²) in [7, 11) is 3.25. The van der Waals surface area contributed by atoms with Crippen molar-refractivity contribution in [1.82, 2.24) is 18.7 Å². The van der Waals surface area contributed by atoms with E-state index in [1.165, 1.54) is 7.05 Å². The first-order valence-corrected chi connectivity index (χ1v) is 10.7. The minimum Gasteiger partial charge on any atom is -0.324 e. The summed E-state index contributed by atoms with van der Waals surface area (Å²) in [5.74, 6) is 0.198. The number of nitrogens with zero attached hydrogens (tertiary/aromatic N) is 4. The fraction of sp³-hybridized carbons (Fsp3) is 0.300. The first kappa shape index (κ1) is 19.8. The van der Waals surface area contributed by atoms with Crippen molar-refractivity contribution in [2.75, 3.05) is 0 Å². The lowest BCUT2D eigenvalue weighted by molar-refractivity contribution is 0.103. The number of imidazole rings is 1. The summed E-state index contributed by atoms with van der Waals surface area (Å²) in [4.78, 5) is 44.1. The van der Waals surface area contributed by atoms with Gasteiger partial charge in [-0.05, 0) is 34.0 Å². The van der Waals surface area contributed by atoms with Crippen LogP contribution in [0, 0.1) is 5.92 Å². The SMILES string of the molecule is CC(C)Cn1c(=O)n(C)c(=O)c2c(Br)c(C(=O)c3nc4ccccc4n3C)sc21. The van der Waals surface area contributed by atoms with Gasteiger partial charge in [0.2, 0.25) is 5.78 Å². The molecule has 0 bridgehead atoms. The summed E-state index contributed by atoms with van der Waals surface area (Å²) < 4.78 is 4.81. The van der Waals surface area contributed by atoms with Gasteiger partial charge < -0.3 is 4.57 Å². The molecule has 29 heavy (non-hydrogen) atoms. The number of fused-ring (bicyclic) bond motifs is 2. The Labute approximate surface area is 178 Å². The largest absolute Gasteiger partial charge is 0.331 e. The van der Waals surface area contributed by atoms with E-state index in [2.05, 4.69) is 20.9 Å². The van der Waals surface area contributed by atoms with Gasteiger partial charge in [0.15, 0.2) is 5.82 Å². The van der Waals surface area contributed by atoms with E-state index in [-0.39, 0.29) is 23.2 Å². The third-order valence-electron chi connectivity index (χ3n) is 4.86. The maximum Gasteiger partial charge on any atom is 0.331 e. The van der Waals surface area contributed by atoms with Crippen LogP contribution in [0.1, 0.15) is 29.3 Å². The predicted octanol–water partition coefficient (Wildman–Crippen LogP) is 3.30. The number of carbonyl (C=O) groups excluding carboxylic acids is 1. The number of para-hydroxylation sites is 2. The second-order valence-corrected chi connectivity index (χ2v) is 9.18. The van der Waals surface area contributed by atoms with Gasteiger partial charge in [-0.25, -0.2) is 9.78 Å². The minimum absolute atomic E-state index is 0.202. The molecule has 4 aromatic rings. The van der Waals surface area contributed by atoms with Crippen LogP contribution in [-0.4, -0.2) is 24.5 Å². The van der Waals surface area contributed by atoms with E-state index in [0.717, 1.165) is 26.9 Å². The van der Waals surface area contributed by atoms with Crippen LogP contribution in [0.4, 0.5) is 0 Å². The van der Waals surface area contributed by atoms with Crippen molar-refractivity contribution in [3.05, 3.63) is 60.3 Å². The summed E-state index contributed by atoms with van der Waals surface area (Å²) in [5, 5.41) is 0.347. The molecule has 0 radical (unpaired) electrons. The lowest BCUT2D eigenvalue weighted by atomic mass is 10.2. The van der Waals surface area contributed by atoms with Crippen LogP contribution in [0.3, 0.4) is 0 Å². The Balaban J connectivity index is 1.99. The molecular formula is C20H19BrN4O3S. The maximum atomic E-state index is 13.3. The van der Waals surface area contributed by atoms with Crippen LogP contribution >= 0.6 is 27.3 Å². The molecule has 3 aromatic heterocycles. The van der Waals surface area contributed by atoms with Crippen LogP contribution in [0.15, 0.2) is 38.3 Å². The molecule has 0 fully saturated rings. The molecule has 0 aliphatic rings. The fourth-order valence-corrected chi connectivity index (χ4v) is 5.45. The Kier molecular flexibility index (Phi) is 4.82. The summed E-state index contributed by atoms with van der Waals surface area (Å²) in [6, 6.07) is 7.51. The molecule has 0 aliphatic heterocycles. The molecule has 0 saturated heterocycles. The van der Waals surface area contributed by atoms with Crippen LogP contribution in [0.25, 0.3) is 21.3 Å². The van der Waals surface area contributed by atoms with Gasteiger partial charge in [-0.15, -0.1) is 11.3 Å². The molecule has 0 saturated carbocycles. The summed E-state index contributed by atoms with van der Waals surface area (Å²) >= 11 is 4.60. The molecule has 0 unspecified atom stereocenters. The molecule has 150 valence electrons. The lowest BCUT2D eigenvalue weighted by Gasteiger charge is -2.11. The highest BCUT2D eigenvalue weighted by molar-refractivity contribution is 9.10. The number of halogens is 1. The number of hydrogen-bond donors (Lipinski definition) is 0. The summed E-state index contributed by atoms with van der Waals surface area (Å²) in [6.45, 7) is 4.45. The van der Waals surface area contributed by atoms with E-state index in [1.807, 2.05) is 38.1 Å². The third-order valence-corrected chi connectivity index (χ3v) is 7.12. The highest BCUT2D eigenvalue weighted by Crippen LogP contribution is 2.35. The second kappa shape index (κ2) is 7.07. The highest BCUT2D eigenvalue weighted by atomic mass is 79.9. The fourth-order valence-electron chi connectivity index (χ4n) is 3.42. The molecule has 3 heterocycles. The normalized spacial score (nSPS) is 11.8. The van der Waals surface area contributed by atoms with E-state index in [0.29, 0.717) is 26.1 Å². The number of ketones is 1. The molecule has 4 rings (SSSR count). The quantitative estimate of drug-likeness (QED) is 0.425. The second-order valence-electron chi connectivity index (χ2n) is 7.39. The van der Waals surface area contributed by atoms with Crippen molar-refractivity contribution in [2.24, 2.45) is 20.0 Å². The zero-order valence-electron chi connectivity index (χ0n) is 16.4. The van der Waals surface area contributed by atoms with Crippen LogP contribution in [0.5, 0.6) is 0 Å². The molecule has 0 amide bonds. The van der Waals surface area contributed by atoms with Crippen molar-refractivity contribution in [3.63, 3.8) is 0 Å². The Hall–Kier alpha value is -2.52. The minimum atomic E-state index is -0.419. The van der Waals surface area contributed by atoms with Gasteiger partial charge in [0, 0.05) is 20.6 Å². The standard InChI is InChI=1S/C20H19BrN4O3S/c1-10(2)9-25-19-13(18(27)24(4)20(25)28)14(21)16(29-19)15(26)17-22-11-7-5-6-8-12(11)23(17)3/h5-8,10H,9H2,1-4H3. The third kappa shape index (κ3) is 3.00. The van der Waals surface area contributed by atoms with Crippen molar-refractivity contribution in [1.29, 1.82) is 0 Å². The van der Waals surface area contributed by atoms with E-state index in [1.54, 1.807) is 16.2 Å². The number of aromatic nitrogens is 4. The summed E-state index contributed by atoms with van der Waals surface area (Å²) in [5.41, 5.74) is 0.771. The Morgan fingerprint density at radius 2 is 1.86 bits per heavy atom. The Morgan fingerprint density at radius 1 is 1.17 bits per heavy atom. The lowest BCUT2D eigenvalue weighted by Crippen LogP contribution is -2.38. The monoisotopic (exact) mass is 474 g/mol. The number of carbonyl (C=O) groups is 1. The number of aryl methyl sites for hydroxylation is 1. The van der Waals surface area contributed by atoms with E-state index in [9.17, 15) is 14.4 Å². The average molecular weight is 475 g/mol. The van der Waals surface area contributed by atoms with Crippen LogP contribution in [0.2, 0.25) is 0 Å². The van der Waals surface area contributed by atoms with Gasteiger partial charge in [-0.1, -0.05) is 26.0 Å². The maximum absolute atomic E-state index is 13.3. The van der Waals surface area contributed by atoms with Gasteiger partial charge in [0.1, 0.15) is 4.83 Å². The van der Waals surface area contributed by atoms with Crippen molar-refractivity contribution < 1.29 is 4.79 Å². The molecular weight excluding hydrogens is 456 g/mol. The van der Waals surface area contributed by atoms with Crippen LogP contribution < -0.4 is 11.2 Å². The first-order chi connectivity index (χ1) is 13.7. The molecule has 1 aromatic carbocycles. The first-order valence-electron chi connectivity index (χ1n) is 9.10. The van der Waals surface area contributed by atoms with Crippen molar-refractivity contribution >= 4 is 54.3 Å². The Morgan fingerprint density at radius 3 is 2.52 bits per heavy atom. The molecule has 0 spiro atoms. The van der Waals surface area contributed by atoms with E-state index >= 15 is 0 Å². The van der Waals surface area contributed by atoms with Gasteiger partial charge in [-0.2, -0.15) is 0 Å². The van der Waals surface area contributed by atoms with E-state index < -0.39 is 5.56 Å². The van der Waals surface area contributed by atoms with Gasteiger partial charge in [0.05, 0.1) is 25.8 Å². The molecule has 9 heteroatoms. The molecule has 0 atom stereocenters. The summed E-state index contributed by atoms with van der Waals surface area (Å²) in [6.07, 6.45) is 0. The van der Waals surface area contributed by atoms with E-state index in [4.69, 9.17) is 0 Å². The van der Waals surface area contributed by atoms with Crippen molar-refractivity contribution in [2.45, 2.75) is 20.4 Å². The van der Waals surface area contributed by atoms with Crippen LogP contribution in [-0.2, 0) is 20.6 Å². The predicted molar refractivity (Wildman–Crippen MR) is 118 cm³/mol. The smallest absolute Gasteiger partial charge is 0.324 e. The number of hydrogen-bond acceptors (Lipinski definition) is 5. The average Bonchev–Trinajstić information content (AvgIpc) is 3.21. The molecule has 7 nitrogen and oxygen atoms in total.